The highest BCUT2D eigenvalue weighted by Crippen LogP contribution is 2.26. The molecule has 6 nitrogen and oxygen atoms in total. The Labute approximate surface area is 190 Å². The number of ether oxygens (including phenoxy) is 1. The summed E-state index contributed by atoms with van der Waals surface area (Å²) in [5.41, 5.74) is 0.338. The molecule has 1 aromatic rings. The second kappa shape index (κ2) is 14.2. The SMILES string of the molecule is CCCCC/C(C)=C\C=C(/C)C(=O)c1c(O)cc(C(C)CC/C=C/CC(=O)OC)oc1=O. The molecule has 0 saturated heterocycles. The van der Waals surface area contributed by atoms with Gasteiger partial charge >= 0.3 is 11.6 Å². The van der Waals surface area contributed by atoms with Crippen molar-refractivity contribution in [1.29, 1.82) is 0 Å². The van der Waals surface area contributed by atoms with E-state index >= 15 is 0 Å². The third-order valence-electron chi connectivity index (χ3n) is 5.26. The Balaban J connectivity index is 2.85. The highest BCUT2D eigenvalue weighted by atomic mass is 16.5. The number of rotatable bonds is 13. The van der Waals surface area contributed by atoms with Gasteiger partial charge in [0, 0.05) is 12.0 Å². The molecule has 0 aliphatic carbocycles. The van der Waals surface area contributed by atoms with E-state index < -0.39 is 11.4 Å². The number of hydrogen-bond acceptors (Lipinski definition) is 6. The van der Waals surface area contributed by atoms with Crippen molar-refractivity contribution in [3.8, 4) is 5.75 Å². The average molecular weight is 445 g/mol. The Morgan fingerprint density at radius 3 is 2.53 bits per heavy atom. The van der Waals surface area contributed by atoms with Gasteiger partial charge in [0.25, 0.3) is 0 Å². The molecular formula is C26H36O6. The summed E-state index contributed by atoms with van der Waals surface area (Å²) in [5.74, 6) is -1.05. The fourth-order valence-corrected chi connectivity index (χ4v) is 3.10. The molecule has 176 valence electrons. The molecular weight excluding hydrogens is 408 g/mol. The Morgan fingerprint density at radius 1 is 1.19 bits per heavy atom. The van der Waals surface area contributed by atoms with E-state index in [-0.39, 0.29) is 29.6 Å². The predicted octanol–water partition coefficient (Wildman–Crippen LogP) is 6.00. The number of aromatic hydroxyl groups is 1. The van der Waals surface area contributed by atoms with Crippen LogP contribution in [0.3, 0.4) is 0 Å². The molecule has 0 radical (unpaired) electrons. The summed E-state index contributed by atoms with van der Waals surface area (Å²) in [7, 11) is 1.34. The van der Waals surface area contributed by atoms with E-state index in [0.29, 0.717) is 24.2 Å². The predicted molar refractivity (Wildman–Crippen MR) is 126 cm³/mol. The number of unbranched alkanes of at least 4 members (excludes halogenated alkanes) is 2. The second-order valence-corrected chi connectivity index (χ2v) is 8.08. The molecule has 0 aromatic carbocycles. The standard InChI is InChI=1S/C26H36O6/c1-6-7-9-12-18(2)15-16-20(4)25(29)24-21(27)17-22(32-26(24)30)19(3)13-10-8-11-14-23(28)31-5/h8,11,15-17,19,27H,6-7,9-10,12-14H2,1-5H3/b11-8+,18-15-,20-16+. The van der Waals surface area contributed by atoms with Gasteiger partial charge in [-0.2, -0.15) is 0 Å². The fourth-order valence-electron chi connectivity index (χ4n) is 3.10. The molecule has 0 aliphatic rings. The number of esters is 1. The van der Waals surface area contributed by atoms with E-state index in [1.807, 2.05) is 26.0 Å². The van der Waals surface area contributed by atoms with Gasteiger partial charge in [0.2, 0.25) is 0 Å². The molecule has 32 heavy (non-hydrogen) atoms. The molecule has 0 amide bonds. The van der Waals surface area contributed by atoms with E-state index in [1.54, 1.807) is 19.1 Å². The first-order valence-electron chi connectivity index (χ1n) is 11.2. The van der Waals surface area contributed by atoms with E-state index in [9.17, 15) is 19.5 Å². The molecule has 1 heterocycles. The molecule has 6 heteroatoms. The maximum Gasteiger partial charge on any atom is 0.351 e. The molecule has 1 unspecified atom stereocenters. The Hall–Kier alpha value is -2.89. The summed E-state index contributed by atoms with van der Waals surface area (Å²) in [4.78, 5) is 36.2. The summed E-state index contributed by atoms with van der Waals surface area (Å²) in [5, 5.41) is 10.4. The number of carbonyl (C=O) groups is 2. The average Bonchev–Trinajstić information content (AvgIpc) is 2.76. The number of Topliss-reactive ketones (excluding diaryl/α,β-unsaturated/α-hetero) is 1. The zero-order valence-corrected chi connectivity index (χ0v) is 19.9. The highest BCUT2D eigenvalue weighted by molar-refractivity contribution is 6.09. The molecule has 0 aliphatic heterocycles. The molecule has 1 aromatic heterocycles. The highest BCUT2D eigenvalue weighted by Gasteiger charge is 2.21. The van der Waals surface area contributed by atoms with Gasteiger partial charge in [-0.3, -0.25) is 9.59 Å². The third kappa shape index (κ3) is 9.08. The van der Waals surface area contributed by atoms with Crippen LogP contribution in [0.25, 0.3) is 0 Å². The maximum absolute atomic E-state index is 12.7. The molecule has 0 saturated carbocycles. The lowest BCUT2D eigenvalue weighted by Crippen LogP contribution is -2.16. The van der Waals surface area contributed by atoms with E-state index in [1.165, 1.54) is 13.2 Å². The Kier molecular flexibility index (Phi) is 12.1. The number of ketones is 1. The number of hydrogen-bond donors (Lipinski definition) is 1. The zero-order valence-electron chi connectivity index (χ0n) is 19.9. The Bertz CT molecular complexity index is 917. The minimum absolute atomic E-state index is 0.147. The fraction of sp³-hybridized carbons (Fsp3) is 0.500. The van der Waals surface area contributed by atoms with Crippen molar-refractivity contribution in [2.45, 2.75) is 78.6 Å². The summed E-state index contributed by atoms with van der Waals surface area (Å²) >= 11 is 0. The van der Waals surface area contributed by atoms with Crippen LogP contribution >= 0.6 is 0 Å². The third-order valence-corrected chi connectivity index (χ3v) is 5.26. The van der Waals surface area contributed by atoms with Crippen LogP contribution in [0.15, 0.2) is 50.7 Å². The van der Waals surface area contributed by atoms with Crippen LogP contribution in [0, 0.1) is 0 Å². The minimum atomic E-state index is -0.838. The van der Waals surface area contributed by atoms with Gasteiger partial charge < -0.3 is 14.3 Å². The number of allylic oxidation sites excluding steroid dienone is 5. The van der Waals surface area contributed by atoms with Crippen molar-refractivity contribution in [1.82, 2.24) is 0 Å². The van der Waals surface area contributed by atoms with Crippen molar-refractivity contribution in [2.75, 3.05) is 7.11 Å². The number of methoxy groups -OCH3 is 1. The molecule has 0 spiro atoms. The smallest absolute Gasteiger partial charge is 0.351 e. The monoisotopic (exact) mass is 444 g/mol. The van der Waals surface area contributed by atoms with Gasteiger partial charge in [0.15, 0.2) is 5.78 Å². The van der Waals surface area contributed by atoms with Gasteiger partial charge in [-0.05, 0) is 45.1 Å². The van der Waals surface area contributed by atoms with Crippen molar-refractivity contribution in [3.05, 3.63) is 63.3 Å². The maximum atomic E-state index is 12.7. The normalized spacial score (nSPS) is 13.4. The summed E-state index contributed by atoms with van der Waals surface area (Å²) in [6.45, 7) is 7.64. The van der Waals surface area contributed by atoms with Gasteiger partial charge in [-0.25, -0.2) is 4.79 Å². The van der Waals surface area contributed by atoms with E-state index in [4.69, 9.17) is 4.42 Å². The topological polar surface area (TPSA) is 93.8 Å². The quantitative estimate of drug-likeness (QED) is 0.100. The van der Waals surface area contributed by atoms with Crippen LogP contribution in [0.5, 0.6) is 5.75 Å². The van der Waals surface area contributed by atoms with Crippen molar-refractivity contribution >= 4 is 11.8 Å². The van der Waals surface area contributed by atoms with Gasteiger partial charge in [-0.1, -0.05) is 56.6 Å². The zero-order chi connectivity index (χ0) is 24.1. The first-order valence-corrected chi connectivity index (χ1v) is 11.2. The molecule has 1 atom stereocenters. The van der Waals surface area contributed by atoms with Crippen molar-refractivity contribution in [3.63, 3.8) is 0 Å². The van der Waals surface area contributed by atoms with E-state index in [2.05, 4.69) is 11.7 Å². The molecule has 1 N–H and O–H groups in total. The lowest BCUT2D eigenvalue weighted by atomic mass is 9.99. The summed E-state index contributed by atoms with van der Waals surface area (Å²) in [6, 6.07) is 1.34. The van der Waals surface area contributed by atoms with Gasteiger partial charge in [-0.15, -0.1) is 0 Å². The summed E-state index contributed by atoms with van der Waals surface area (Å²) in [6.07, 6.45) is 13.0. The molecule has 0 fully saturated rings. The largest absolute Gasteiger partial charge is 0.507 e. The lowest BCUT2D eigenvalue weighted by Gasteiger charge is -2.11. The van der Waals surface area contributed by atoms with E-state index in [0.717, 1.165) is 31.3 Å². The van der Waals surface area contributed by atoms with Crippen LogP contribution in [0.2, 0.25) is 0 Å². The molecule has 1 rings (SSSR count). The van der Waals surface area contributed by atoms with Crippen molar-refractivity contribution < 1.29 is 23.8 Å². The van der Waals surface area contributed by atoms with Crippen LogP contribution < -0.4 is 5.63 Å². The first-order chi connectivity index (χ1) is 15.2. The Morgan fingerprint density at radius 2 is 1.91 bits per heavy atom. The van der Waals surface area contributed by atoms with Gasteiger partial charge in [0.1, 0.15) is 17.1 Å². The van der Waals surface area contributed by atoms with Gasteiger partial charge in [0.05, 0.1) is 13.5 Å². The lowest BCUT2D eigenvalue weighted by molar-refractivity contribution is -0.139. The molecule has 0 bridgehead atoms. The van der Waals surface area contributed by atoms with Crippen molar-refractivity contribution in [2.24, 2.45) is 0 Å². The summed E-state index contributed by atoms with van der Waals surface area (Å²) < 4.78 is 9.91. The van der Waals surface area contributed by atoms with Crippen LogP contribution in [0.1, 0.15) is 94.7 Å². The first kappa shape index (κ1) is 27.1. The second-order valence-electron chi connectivity index (χ2n) is 8.08. The van der Waals surface area contributed by atoms with Crippen LogP contribution in [-0.2, 0) is 9.53 Å². The van der Waals surface area contributed by atoms with Crippen LogP contribution in [0.4, 0.5) is 0 Å². The number of carbonyl (C=O) groups excluding carboxylic acids is 2. The van der Waals surface area contributed by atoms with Crippen LogP contribution in [-0.4, -0.2) is 24.0 Å². The minimum Gasteiger partial charge on any atom is -0.507 e.